The minimum atomic E-state index is -0.0277. The molecule has 0 aliphatic carbocycles. The zero-order valence-corrected chi connectivity index (χ0v) is 14.7. The van der Waals surface area contributed by atoms with Gasteiger partial charge in [0, 0.05) is 29.9 Å². The molecule has 3 aliphatic heterocycles. The largest absolute Gasteiger partial charge is 0.373 e. The van der Waals surface area contributed by atoms with E-state index < -0.39 is 0 Å². The molecule has 3 aliphatic rings. The van der Waals surface area contributed by atoms with Crippen LogP contribution in [0.2, 0.25) is 0 Å². The molecule has 1 aromatic rings. The average molecular weight is 334 g/mol. The molecule has 1 amide bonds. The van der Waals surface area contributed by atoms with Gasteiger partial charge in [-0.25, -0.2) is 0 Å². The lowest BCUT2D eigenvalue weighted by atomic mass is 10.0. The van der Waals surface area contributed by atoms with Crippen molar-refractivity contribution in [2.45, 2.75) is 56.7 Å². The number of carbonyl (C=O) groups is 1. The normalized spacial score (nSPS) is 31.5. The number of carbonyl (C=O) groups excluding carboxylic acids is 1. The van der Waals surface area contributed by atoms with Gasteiger partial charge in [0.2, 0.25) is 5.91 Å². The number of fused-ring (bicyclic) bond motifs is 1. The highest BCUT2D eigenvalue weighted by Gasteiger charge is 2.39. The summed E-state index contributed by atoms with van der Waals surface area (Å²) in [4.78, 5) is 19.0. The van der Waals surface area contributed by atoms with Crippen LogP contribution in [0.5, 0.6) is 0 Å². The molecule has 0 bridgehead atoms. The molecule has 23 heavy (non-hydrogen) atoms. The Hall–Kier alpha value is -0.910. The standard InChI is InChI=1S/C18H26N2O2S/c1-19-8-2-4-14(19)15-5-3-9-20(15)18(21)12-16-13-7-11-23-17(13)6-10-22-16/h7,11,14-16H,2-6,8-10,12H2,1H3/t14-,15-,16+/m1/s1. The van der Waals surface area contributed by atoms with Crippen molar-refractivity contribution < 1.29 is 9.53 Å². The quantitative estimate of drug-likeness (QED) is 0.852. The summed E-state index contributed by atoms with van der Waals surface area (Å²) in [7, 11) is 2.21. The van der Waals surface area contributed by atoms with Gasteiger partial charge < -0.3 is 14.5 Å². The molecule has 2 saturated heterocycles. The summed E-state index contributed by atoms with van der Waals surface area (Å²) < 4.78 is 5.92. The van der Waals surface area contributed by atoms with Crippen LogP contribution in [0.25, 0.3) is 0 Å². The Morgan fingerprint density at radius 3 is 2.96 bits per heavy atom. The second-order valence-electron chi connectivity index (χ2n) is 7.10. The molecule has 2 fully saturated rings. The third-order valence-electron chi connectivity index (χ3n) is 5.78. The smallest absolute Gasteiger partial charge is 0.225 e. The number of hydrogen-bond acceptors (Lipinski definition) is 4. The minimum absolute atomic E-state index is 0.0277. The van der Waals surface area contributed by atoms with Gasteiger partial charge in [0.05, 0.1) is 19.1 Å². The first-order chi connectivity index (χ1) is 11.2. The maximum Gasteiger partial charge on any atom is 0.225 e. The van der Waals surface area contributed by atoms with Crippen molar-refractivity contribution >= 4 is 17.2 Å². The Labute approximate surface area is 142 Å². The van der Waals surface area contributed by atoms with Crippen LogP contribution >= 0.6 is 11.3 Å². The third kappa shape index (κ3) is 2.94. The van der Waals surface area contributed by atoms with Crippen LogP contribution in [-0.2, 0) is 16.0 Å². The number of hydrogen-bond donors (Lipinski definition) is 0. The van der Waals surface area contributed by atoms with Crippen LogP contribution in [0.15, 0.2) is 11.4 Å². The predicted molar refractivity (Wildman–Crippen MR) is 91.7 cm³/mol. The number of likely N-dealkylation sites (tertiary alicyclic amines) is 2. The zero-order valence-electron chi connectivity index (χ0n) is 13.9. The summed E-state index contributed by atoms with van der Waals surface area (Å²) >= 11 is 1.80. The van der Waals surface area contributed by atoms with Crippen molar-refractivity contribution in [1.82, 2.24) is 9.80 Å². The van der Waals surface area contributed by atoms with E-state index in [-0.39, 0.29) is 12.0 Å². The Morgan fingerprint density at radius 1 is 1.30 bits per heavy atom. The number of likely N-dealkylation sites (N-methyl/N-ethyl adjacent to an activating group) is 1. The molecule has 126 valence electrons. The highest BCUT2D eigenvalue weighted by atomic mass is 32.1. The van der Waals surface area contributed by atoms with Crippen LogP contribution in [0.1, 0.15) is 48.6 Å². The Bertz CT molecular complexity index is 573. The van der Waals surface area contributed by atoms with E-state index in [2.05, 4.69) is 28.3 Å². The molecule has 0 aromatic carbocycles. The second kappa shape index (κ2) is 6.54. The van der Waals surface area contributed by atoms with Gasteiger partial charge in [-0.1, -0.05) is 0 Å². The minimum Gasteiger partial charge on any atom is -0.373 e. The summed E-state index contributed by atoms with van der Waals surface area (Å²) in [5.41, 5.74) is 1.25. The van der Waals surface area contributed by atoms with Crippen molar-refractivity contribution in [3.63, 3.8) is 0 Å². The van der Waals surface area contributed by atoms with Crippen LogP contribution in [0, 0.1) is 0 Å². The molecular weight excluding hydrogens is 308 g/mol. The highest BCUT2D eigenvalue weighted by molar-refractivity contribution is 7.10. The summed E-state index contributed by atoms with van der Waals surface area (Å²) in [6.45, 7) is 2.85. The van der Waals surface area contributed by atoms with Gasteiger partial charge in [0.1, 0.15) is 0 Å². The maximum absolute atomic E-state index is 12.9. The number of thiophene rings is 1. The molecule has 4 nitrogen and oxygen atoms in total. The first-order valence-electron chi connectivity index (χ1n) is 8.91. The predicted octanol–water partition coefficient (Wildman–Crippen LogP) is 2.84. The van der Waals surface area contributed by atoms with E-state index >= 15 is 0 Å². The summed E-state index contributed by atoms with van der Waals surface area (Å²) in [6.07, 6.45) is 6.29. The van der Waals surface area contributed by atoms with E-state index in [1.807, 2.05) is 0 Å². The molecule has 1 aromatic heterocycles. The maximum atomic E-state index is 12.9. The van der Waals surface area contributed by atoms with Crippen molar-refractivity contribution in [2.75, 3.05) is 26.7 Å². The molecule has 3 atom stereocenters. The van der Waals surface area contributed by atoms with Gasteiger partial charge >= 0.3 is 0 Å². The Morgan fingerprint density at radius 2 is 2.13 bits per heavy atom. The SMILES string of the molecule is CN1CCC[C@@H]1[C@H]1CCCN1C(=O)C[C@@H]1OCCc2sccc21. The van der Waals surface area contributed by atoms with Gasteiger partial charge in [0.15, 0.2) is 0 Å². The molecule has 0 saturated carbocycles. The fourth-order valence-electron chi connectivity index (χ4n) is 4.59. The molecule has 4 heterocycles. The summed E-state index contributed by atoms with van der Waals surface area (Å²) in [6, 6.07) is 3.12. The van der Waals surface area contributed by atoms with Crippen LogP contribution in [0.4, 0.5) is 0 Å². The van der Waals surface area contributed by atoms with Crippen LogP contribution in [-0.4, -0.2) is 54.5 Å². The third-order valence-corrected chi connectivity index (χ3v) is 6.77. The topological polar surface area (TPSA) is 32.8 Å². The lowest BCUT2D eigenvalue weighted by molar-refractivity contribution is -0.136. The lowest BCUT2D eigenvalue weighted by Crippen LogP contribution is -2.47. The van der Waals surface area contributed by atoms with E-state index in [1.165, 1.54) is 29.8 Å². The van der Waals surface area contributed by atoms with E-state index in [1.54, 1.807) is 11.3 Å². The fraction of sp³-hybridized carbons (Fsp3) is 0.722. The molecule has 0 unspecified atom stereocenters. The monoisotopic (exact) mass is 334 g/mol. The first kappa shape index (κ1) is 15.6. The van der Waals surface area contributed by atoms with Crippen LogP contribution in [0.3, 0.4) is 0 Å². The molecule has 5 heteroatoms. The van der Waals surface area contributed by atoms with Gasteiger partial charge in [0.25, 0.3) is 0 Å². The summed E-state index contributed by atoms with van der Waals surface area (Å²) in [5, 5.41) is 2.13. The molecule has 0 N–H and O–H groups in total. The summed E-state index contributed by atoms with van der Waals surface area (Å²) in [5.74, 6) is 0.289. The highest BCUT2D eigenvalue weighted by Crippen LogP contribution is 2.35. The first-order valence-corrected chi connectivity index (χ1v) is 9.79. The van der Waals surface area contributed by atoms with Crippen molar-refractivity contribution in [3.8, 4) is 0 Å². The molecule has 0 radical (unpaired) electrons. The van der Waals surface area contributed by atoms with Crippen LogP contribution < -0.4 is 0 Å². The lowest BCUT2D eigenvalue weighted by Gasteiger charge is -2.34. The molecular formula is C18H26N2O2S. The van der Waals surface area contributed by atoms with Gasteiger partial charge in [-0.3, -0.25) is 4.79 Å². The van der Waals surface area contributed by atoms with Gasteiger partial charge in [-0.05, 0) is 56.3 Å². The molecule has 0 spiro atoms. The van der Waals surface area contributed by atoms with Crippen molar-refractivity contribution in [1.29, 1.82) is 0 Å². The van der Waals surface area contributed by atoms with E-state index in [9.17, 15) is 4.79 Å². The van der Waals surface area contributed by atoms with Gasteiger partial charge in [-0.2, -0.15) is 0 Å². The average Bonchev–Trinajstić information content (AvgIpc) is 3.26. The number of amides is 1. The number of rotatable bonds is 3. The second-order valence-corrected chi connectivity index (χ2v) is 8.10. The molecule has 4 rings (SSSR count). The van der Waals surface area contributed by atoms with Crippen molar-refractivity contribution in [3.05, 3.63) is 21.9 Å². The van der Waals surface area contributed by atoms with E-state index in [0.717, 1.165) is 32.4 Å². The zero-order chi connectivity index (χ0) is 15.8. The number of nitrogens with zero attached hydrogens (tertiary/aromatic N) is 2. The Balaban J connectivity index is 1.45. The van der Waals surface area contributed by atoms with Gasteiger partial charge in [-0.15, -0.1) is 11.3 Å². The fourth-order valence-corrected chi connectivity index (χ4v) is 5.51. The van der Waals surface area contributed by atoms with Crippen molar-refractivity contribution in [2.24, 2.45) is 0 Å². The Kier molecular flexibility index (Phi) is 4.43. The van der Waals surface area contributed by atoms with E-state index in [0.29, 0.717) is 18.5 Å². The van der Waals surface area contributed by atoms with E-state index in [4.69, 9.17) is 4.74 Å². The number of ether oxygens (including phenoxy) is 1.